The lowest BCUT2D eigenvalue weighted by Crippen LogP contribution is -2.60. The number of hydrogen-bond donors (Lipinski definition) is 1. The van der Waals surface area contributed by atoms with E-state index in [2.05, 4.69) is 0 Å². The van der Waals surface area contributed by atoms with E-state index in [4.69, 9.17) is 4.74 Å². The number of cyclic esters (lactones) is 1. The van der Waals surface area contributed by atoms with E-state index in [1.807, 2.05) is 65.8 Å². The Morgan fingerprint density at radius 1 is 1.16 bits per heavy atom. The molecule has 4 heterocycles. The number of esters is 1. The standard InChI is InChI=1S/C24H34N2O5S/c1-14(2)15(13-27)26-18-20(29)25(22(3,4)5)11-7-10-24(18)16(19(26)28)17-21(30)31-12-8-9-23(17,6)32-24/h7-10,14-18,27H,11-13H2,1-6H3/t15-,16-,17+,18?,23-,24-/m0/s1. The predicted octanol–water partition coefficient (Wildman–Crippen LogP) is 2.00. The lowest BCUT2D eigenvalue weighted by Gasteiger charge is -2.43. The quantitative estimate of drug-likeness (QED) is 0.510. The number of carbonyl (C=O) groups is 3. The van der Waals surface area contributed by atoms with Crippen molar-refractivity contribution in [2.24, 2.45) is 17.8 Å². The Morgan fingerprint density at radius 2 is 1.84 bits per heavy atom. The fourth-order valence-corrected chi connectivity index (χ4v) is 8.02. The lowest BCUT2D eigenvalue weighted by molar-refractivity contribution is -0.153. The Bertz CT molecular complexity index is 893. The van der Waals surface area contributed by atoms with Crippen molar-refractivity contribution in [3.05, 3.63) is 24.3 Å². The third kappa shape index (κ3) is 3.16. The molecule has 0 radical (unpaired) electrons. The SMILES string of the molecule is CC(C)[C@H](CO)N1C(=O)[C@@H]2[C@@H]3C(=O)OCC=C[C@]3(C)S[C@@]23C=CCN(C(C)(C)C)C(=O)C13. The summed E-state index contributed by atoms with van der Waals surface area (Å²) in [7, 11) is 0. The first-order valence-electron chi connectivity index (χ1n) is 11.4. The number of amides is 2. The molecule has 0 saturated carbocycles. The fourth-order valence-electron chi connectivity index (χ4n) is 5.88. The molecule has 0 aliphatic carbocycles. The van der Waals surface area contributed by atoms with Crippen LogP contribution in [0.3, 0.4) is 0 Å². The van der Waals surface area contributed by atoms with E-state index < -0.39 is 44.9 Å². The van der Waals surface area contributed by atoms with E-state index in [1.165, 1.54) is 11.8 Å². The highest BCUT2D eigenvalue weighted by Crippen LogP contribution is 2.65. The largest absolute Gasteiger partial charge is 0.461 e. The molecule has 1 N–H and O–H groups in total. The molecule has 1 spiro atoms. The maximum atomic E-state index is 14.1. The van der Waals surface area contributed by atoms with Gasteiger partial charge < -0.3 is 19.6 Å². The summed E-state index contributed by atoms with van der Waals surface area (Å²) in [6, 6.07) is -1.32. The predicted molar refractivity (Wildman–Crippen MR) is 123 cm³/mol. The average molecular weight is 463 g/mol. The van der Waals surface area contributed by atoms with Crippen LogP contribution in [0.5, 0.6) is 0 Å². The molecule has 2 fully saturated rings. The van der Waals surface area contributed by atoms with Crippen LogP contribution in [-0.4, -0.2) is 79.6 Å². The molecule has 6 atom stereocenters. The smallest absolute Gasteiger partial charge is 0.311 e. The summed E-state index contributed by atoms with van der Waals surface area (Å²) in [6.45, 7) is 12.2. The summed E-state index contributed by atoms with van der Waals surface area (Å²) in [5.74, 6) is -2.27. The number of aliphatic hydroxyl groups excluding tert-OH is 1. The van der Waals surface area contributed by atoms with Crippen LogP contribution in [0.1, 0.15) is 41.5 Å². The Labute approximate surface area is 194 Å². The number of carbonyl (C=O) groups excluding carboxylic acids is 3. The molecule has 0 bridgehead atoms. The van der Waals surface area contributed by atoms with E-state index in [9.17, 15) is 19.5 Å². The Morgan fingerprint density at radius 3 is 2.44 bits per heavy atom. The van der Waals surface area contributed by atoms with E-state index in [-0.39, 0.29) is 30.9 Å². The van der Waals surface area contributed by atoms with Gasteiger partial charge in [-0.15, -0.1) is 11.8 Å². The minimum atomic E-state index is -0.906. The molecule has 2 amide bonds. The summed E-state index contributed by atoms with van der Waals surface area (Å²) >= 11 is 1.53. The third-order valence-corrected chi connectivity index (χ3v) is 9.17. The molecule has 2 saturated heterocycles. The summed E-state index contributed by atoms with van der Waals surface area (Å²) in [5.41, 5.74) is -0.442. The molecule has 1 unspecified atom stereocenters. The molecule has 176 valence electrons. The first kappa shape index (κ1) is 23.4. The van der Waals surface area contributed by atoms with Gasteiger partial charge in [0.05, 0.1) is 29.2 Å². The Balaban J connectivity index is 1.94. The van der Waals surface area contributed by atoms with Crippen molar-refractivity contribution in [2.45, 2.75) is 68.7 Å². The van der Waals surface area contributed by atoms with Crippen LogP contribution in [0.15, 0.2) is 24.3 Å². The summed E-state index contributed by atoms with van der Waals surface area (Å²) in [6.07, 6.45) is 7.75. The molecular formula is C24H34N2O5S. The van der Waals surface area contributed by atoms with Gasteiger partial charge in [-0.2, -0.15) is 0 Å². The van der Waals surface area contributed by atoms with Crippen LogP contribution in [0.25, 0.3) is 0 Å². The zero-order valence-corrected chi connectivity index (χ0v) is 20.5. The number of rotatable bonds is 3. The monoisotopic (exact) mass is 462 g/mol. The van der Waals surface area contributed by atoms with Crippen molar-refractivity contribution in [2.75, 3.05) is 19.8 Å². The number of fused-ring (bicyclic) bond motifs is 2. The van der Waals surface area contributed by atoms with E-state index in [0.717, 1.165) is 0 Å². The van der Waals surface area contributed by atoms with Gasteiger partial charge in [0.15, 0.2) is 0 Å². The average Bonchev–Trinajstić information content (AvgIpc) is 2.92. The minimum absolute atomic E-state index is 0.0553. The lowest BCUT2D eigenvalue weighted by atomic mass is 9.75. The van der Waals surface area contributed by atoms with Gasteiger partial charge >= 0.3 is 5.97 Å². The first-order valence-corrected chi connectivity index (χ1v) is 12.2. The van der Waals surface area contributed by atoms with Crippen molar-refractivity contribution in [3.8, 4) is 0 Å². The zero-order chi connectivity index (χ0) is 23.6. The number of likely N-dealkylation sites (tertiary alicyclic amines) is 1. The van der Waals surface area contributed by atoms with Gasteiger partial charge in [0.1, 0.15) is 12.6 Å². The third-order valence-electron chi connectivity index (χ3n) is 7.37. The highest BCUT2D eigenvalue weighted by atomic mass is 32.2. The Hall–Kier alpha value is -1.80. The van der Waals surface area contributed by atoms with Crippen LogP contribution in [-0.2, 0) is 19.1 Å². The summed E-state index contributed by atoms with van der Waals surface area (Å²) < 4.78 is 3.87. The zero-order valence-electron chi connectivity index (χ0n) is 19.7. The minimum Gasteiger partial charge on any atom is -0.461 e. The number of thioether (sulfide) groups is 1. The number of ether oxygens (including phenoxy) is 1. The van der Waals surface area contributed by atoms with Gasteiger partial charge in [0.25, 0.3) is 0 Å². The van der Waals surface area contributed by atoms with Gasteiger partial charge in [0.2, 0.25) is 11.8 Å². The number of hydrogen-bond acceptors (Lipinski definition) is 6. The molecule has 0 aromatic carbocycles. The second-order valence-electron chi connectivity index (χ2n) is 10.8. The van der Waals surface area contributed by atoms with Gasteiger partial charge in [-0.25, -0.2) is 0 Å². The van der Waals surface area contributed by atoms with Crippen molar-refractivity contribution >= 4 is 29.5 Å². The van der Waals surface area contributed by atoms with Gasteiger partial charge in [0, 0.05) is 16.8 Å². The molecule has 4 aliphatic heterocycles. The molecule has 32 heavy (non-hydrogen) atoms. The van der Waals surface area contributed by atoms with Crippen molar-refractivity contribution in [1.29, 1.82) is 0 Å². The molecule has 4 aliphatic rings. The number of aliphatic hydroxyl groups is 1. The van der Waals surface area contributed by atoms with E-state index in [1.54, 1.807) is 9.80 Å². The highest BCUT2D eigenvalue weighted by Gasteiger charge is 2.74. The maximum absolute atomic E-state index is 14.1. The van der Waals surface area contributed by atoms with Crippen LogP contribution in [0.4, 0.5) is 0 Å². The molecule has 0 aromatic rings. The van der Waals surface area contributed by atoms with Crippen LogP contribution in [0.2, 0.25) is 0 Å². The van der Waals surface area contributed by atoms with Crippen molar-refractivity contribution < 1.29 is 24.2 Å². The van der Waals surface area contributed by atoms with Crippen LogP contribution < -0.4 is 0 Å². The molecular weight excluding hydrogens is 428 g/mol. The molecule has 8 heteroatoms. The molecule has 7 nitrogen and oxygen atoms in total. The van der Waals surface area contributed by atoms with Crippen LogP contribution in [0, 0.1) is 17.8 Å². The van der Waals surface area contributed by atoms with Crippen molar-refractivity contribution in [1.82, 2.24) is 9.80 Å². The fraction of sp³-hybridized carbons (Fsp3) is 0.708. The van der Waals surface area contributed by atoms with E-state index in [0.29, 0.717) is 6.54 Å². The molecule has 0 aromatic heterocycles. The highest BCUT2D eigenvalue weighted by molar-refractivity contribution is 8.02. The van der Waals surface area contributed by atoms with Gasteiger partial charge in [-0.1, -0.05) is 32.1 Å². The maximum Gasteiger partial charge on any atom is 0.311 e. The summed E-state index contributed by atoms with van der Waals surface area (Å²) in [4.78, 5) is 44.7. The number of nitrogens with zero attached hydrogens (tertiary/aromatic N) is 2. The normalized spacial score (nSPS) is 37.8. The topological polar surface area (TPSA) is 87.2 Å². The second kappa shape index (κ2) is 7.62. The van der Waals surface area contributed by atoms with Crippen molar-refractivity contribution in [3.63, 3.8) is 0 Å². The van der Waals surface area contributed by atoms with Gasteiger partial charge in [-0.3, -0.25) is 14.4 Å². The van der Waals surface area contributed by atoms with Crippen LogP contribution >= 0.6 is 11.8 Å². The van der Waals surface area contributed by atoms with E-state index >= 15 is 0 Å². The molecule has 4 rings (SSSR count). The Kier molecular flexibility index (Phi) is 5.56. The summed E-state index contributed by atoms with van der Waals surface area (Å²) in [5, 5.41) is 10.2. The first-order chi connectivity index (χ1) is 14.9. The second-order valence-corrected chi connectivity index (χ2v) is 12.6. The van der Waals surface area contributed by atoms with Gasteiger partial charge in [-0.05, 0) is 39.7 Å².